The lowest BCUT2D eigenvalue weighted by atomic mass is 10.0. The van der Waals surface area contributed by atoms with Crippen LogP contribution < -0.4 is 10.6 Å². The number of rotatable bonds is 9. The van der Waals surface area contributed by atoms with Crippen LogP contribution in [0, 0.1) is 0 Å². The van der Waals surface area contributed by atoms with E-state index in [-0.39, 0.29) is 25.4 Å². The Kier molecular flexibility index (Phi) is 10.3. The number of benzene rings is 3. The maximum atomic E-state index is 14.3. The fourth-order valence-corrected chi connectivity index (χ4v) is 6.47. The van der Waals surface area contributed by atoms with Crippen LogP contribution in [-0.2, 0) is 43.4 Å². The summed E-state index contributed by atoms with van der Waals surface area (Å²) in [6, 6.07) is 29.5. The van der Waals surface area contributed by atoms with Crippen LogP contribution in [-0.4, -0.2) is 57.7 Å². The minimum absolute atomic E-state index is 0.0892. The van der Waals surface area contributed by atoms with Gasteiger partial charge in [0.05, 0.1) is 19.6 Å². The third-order valence-corrected chi connectivity index (χ3v) is 9.16. The van der Waals surface area contributed by atoms with Gasteiger partial charge in [-0.15, -0.1) is 0 Å². The van der Waals surface area contributed by atoms with Crippen molar-refractivity contribution in [3.8, 4) is 22.3 Å². The van der Waals surface area contributed by atoms with E-state index in [2.05, 4.69) is 20.2 Å². The average molecular weight is 682 g/mol. The first kappa shape index (κ1) is 33.5. The molecule has 0 saturated heterocycles. The highest BCUT2D eigenvalue weighted by atomic mass is 16.5. The number of pyridine rings is 1. The van der Waals surface area contributed by atoms with Gasteiger partial charge in [0.15, 0.2) is 0 Å². The lowest BCUT2D eigenvalue weighted by molar-refractivity contribution is -0.147. The quantitative estimate of drug-likeness (QED) is 0.189. The van der Waals surface area contributed by atoms with E-state index >= 15 is 0 Å². The molecule has 2 bridgehead atoms. The van der Waals surface area contributed by atoms with E-state index in [1.54, 1.807) is 23.2 Å². The molecule has 6 aromatic rings. The van der Waals surface area contributed by atoms with Crippen LogP contribution in [0.15, 0.2) is 128 Å². The summed E-state index contributed by atoms with van der Waals surface area (Å²) in [6.45, 7) is 1.94. The number of aromatic nitrogens is 3. The molecule has 0 radical (unpaired) electrons. The molecule has 4 heterocycles. The van der Waals surface area contributed by atoms with E-state index in [0.29, 0.717) is 26.3 Å². The van der Waals surface area contributed by atoms with Crippen molar-refractivity contribution in [1.82, 2.24) is 24.8 Å². The number of ether oxygens (including phenoxy) is 2. The van der Waals surface area contributed by atoms with Crippen molar-refractivity contribution in [3.05, 3.63) is 139 Å². The highest BCUT2D eigenvalue weighted by Crippen LogP contribution is 2.28. The number of para-hydroxylation sites is 1. The molecule has 51 heavy (non-hydrogen) atoms. The van der Waals surface area contributed by atoms with Crippen molar-refractivity contribution in [2.24, 2.45) is 0 Å². The average Bonchev–Trinajstić information content (AvgIpc) is 3.80. The molecular weight excluding hydrogens is 642 g/mol. The number of hydrogen-bond acceptors (Lipinski definition) is 6. The molecule has 10 heteroatoms. The van der Waals surface area contributed by atoms with Crippen molar-refractivity contribution in [1.29, 1.82) is 0 Å². The lowest BCUT2D eigenvalue weighted by Gasteiger charge is -2.23. The van der Waals surface area contributed by atoms with Crippen LogP contribution in [0.5, 0.6) is 0 Å². The van der Waals surface area contributed by atoms with Crippen molar-refractivity contribution in [2.45, 2.75) is 38.1 Å². The van der Waals surface area contributed by atoms with Gasteiger partial charge in [-0.05, 0) is 57.6 Å². The maximum Gasteiger partial charge on any atom is 0.308 e. The number of fused-ring (bicyclic) bond motifs is 5. The Bertz CT molecular complexity index is 2110. The van der Waals surface area contributed by atoms with Crippen molar-refractivity contribution < 1.29 is 23.9 Å². The fraction of sp³-hybridized carbons (Fsp3) is 0.220. The van der Waals surface area contributed by atoms with Crippen LogP contribution in [0.25, 0.3) is 33.2 Å². The molecule has 2 amide bonds. The standard InChI is InChI=1S/C41H39N5O5/c47-39(51-28-29-6-2-1-3-7-29)25-38(45-20-16-33(26-45)31-12-10-30(11-13-31)32-14-17-42-18-15-32)41(49)44-36-24-34-27-46(37-9-5-4-8-35(34)37)21-23-50-22-19-43-40(36)48/h1-18,20,26-27,36,38H,19,21-25,28H2,(H,43,48)(H,44,49)/t36-,38+/m0/s1. The summed E-state index contributed by atoms with van der Waals surface area (Å²) in [5, 5.41) is 6.93. The Morgan fingerprint density at radius 1 is 0.863 bits per heavy atom. The van der Waals surface area contributed by atoms with Crippen LogP contribution in [0.1, 0.15) is 23.6 Å². The zero-order chi connectivity index (χ0) is 35.0. The number of carbonyl (C=O) groups is 3. The predicted octanol–water partition coefficient (Wildman–Crippen LogP) is 5.72. The van der Waals surface area contributed by atoms with Crippen LogP contribution >= 0.6 is 0 Å². The molecule has 1 aliphatic rings. The van der Waals surface area contributed by atoms with E-state index in [1.807, 2.05) is 109 Å². The molecule has 2 N–H and O–H groups in total. The summed E-state index contributed by atoms with van der Waals surface area (Å²) < 4.78 is 15.2. The molecule has 0 fully saturated rings. The van der Waals surface area contributed by atoms with E-state index in [9.17, 15) is 14.4 Å². The summed E-state index contributed by atoms with van der Waals surface area (Å²) in [5.41, 5.74) is 6.77. The smallest absolute Gasteiger partial charge is 0.308 e. The van der Waals surface area contributed by atoms with Gasteiger partial charge in [0, 0.05) is 61.4 Å². The first-order chi connectivity index (χ1) is 25.0. The predicted molar refractivity (Wildman–Crippen MR) is 194 cm³/mol. The van der Waals surface area contributed by atoms with E-state index in [1.165, 1.54) is 0 Å². The zero-order valence-corrected chi connectivity index (χ0v) is 28.1. The van der Waals surface area contributed by atoms with Crippen molar-refractivity contribution in [2.75, 3.05) is 19.8 Å². The second-order valence-corrected chi connectivity index (χ2v) is 12.6. The molecular formula is C41H39N5O5. The summed E-state index contributed by atoms with van der Waals surface area (Å²) in [5.74, 6) is -1.31. The van der Waals surface area contributed by atoms with Gasteiger partial charge in [0.2, 0.25) is 11.8 Å². The highest BCUT2D eigenvalue weighted by Gasteiger charge is 2.30. The number of esters is 1. The third kappa shape index (κ3) is 8.08. The minimum Gasteiger partial charge on any atom is -0.461 e. The van der Waals surface area contributed by atoms with Crippen molar-refractivity contribution >= 4 is 28.7 Å². The Morgan fingerprint density at radius 2 is 1.59 bits per heavy atom. The summed E-state index contributed by atoms with van der Waals surface area (Å²) in [7, 11) is 0. The normalized spacial score (nSPS) is 15.6. The number of carbonyl (C=O) groups excluding carboxylic acids is 3. The SMILES string of the molecule is O=C(C[C@H](C(=O)N[C@H]1Cc2cn(c3ccccc23)CCOCCNC1=O)n1ccc(-c2ccc(-c3ccncc3)cc2)c1)OCc1ccccc1. The first-order valence-electron chi connectivity index (χ1n) is 17.1. The molecule has 10 nitrogen and oxygen atoms in total. The number of hydrogen-bond donors (Lipinski definition) is 2. The fourth-order valence-electron chi connectivity index (χ4n) is 6.47. The van der Waals surface area contributed by atoms with Crippen LogP contribution in [0.4, 0.5) is 0 Å². The number of amides is 2. The second kappa shape index (κ2) is 15.7. The Morgan fingerprint density at radius 3 is 2.39 bits per heavy atom. The summed E-state index contributed by atoms with van der Waals surface area (Å²) >= 11 is 0. The highest BCUT2D eigenvalue weighted by molar-refractivity contribution is 5.92. The summed E-state index contributed by atoms with van der Waals surface area (Å²) in [4.78, 5) is 45.2. The van der Waals surface area contributed by atoms with E-state index in [4.69, 9.17) is 9.47 Å². The number of nitrogens with zero attached hydrogens (tertiary/aromatic N) is 3. The first-order valence-corrected chi connectivity index (χ1v) is 17.1. The summed E-state index contributed by atoms with van der Waals surface area (Å²) in [6.07, 6.45) is 9.23. The van der Waals surface area contributed by atoms with Gasteiger partial charge in [-0.2, -0.15) is 0 Å². The molecule has 2 atom stereocenters. The van der Waals surface area contributed by atoms with E-state index < -0.39 is 24.0 Å². The van der Waals surface area contributed by atoms with Gasteiger partial charge < -0.3 is 29.2 Å². The van der Waals surface area contributed by atoms with Gasteiger partial charge in [-0.25, -0.2) is 0 Å². The lowest BCUT2D eigenvalue weighted by Crippen LogP contribution is -2.50. The van der Waals surface area contributed by atoms with Crippen LogP contribution in [0.3, 0.4) is 0 Å². The molecule has 7 rings (SSSR count). The van der Waals surface area contributed by atoms with E-state index in [0.717, 1.165) is 44.3 Å². The zero-order valence-electron chi connectivity index (χ0n) is 28.1. The molecule has 1 aliphatic heterocycles. The Balaban J connectivity index is 1.15. The number of nitrogens with one attached hydrogen (secondary N) is 2. The third-order valence-electron chi connectivity index (χ3n) is 9.16. The largest absolute Gasteiger partial charge is 0.461 e. The molecule has 258 valence electrons. The maximum absolute atomic E-state index is 14.3. The molecule has 0 unspecified atom stereocenters. The van der Waals surface area contributed by atoms with Gasteiger partial charge in [-0.1, -0.05) is 72.8 Å². The van der Waals surface area contributed by atoms with Gasteiger partial charge in [0.25, 0.3) is 0 Å². The monoisotopic (exact) mass is 681 g/mol. The molecule has 0 aliphatic carbocycles. The van der Waals surface area contributed by atoms with Crippen LogP contribution in [0.2, 0.25) is 0 Å². The molecule has 0 saturated carbocycles. The molecule has 3 aromatic heterocycles. The topological polar surface area (TPSA) is 116 Å². The molecule has 0 spiro atoms. The Hall–Kier alpha value is -6.00. The second-order valence-electron chi connectivity index (χ2n) is 12.6. The minimum atomic E-state index is -0.975. The Labute approximate surface area is 296 Å². The van der Waals surface area contributed by atoms with Gasteiger partial charge in [-0.3, -0.25) is 19.4 Å². The molecule has 3 aromatic carbocycles. The van der Waals surface area contributed by atoms with Crippen molar-refractivity contribution in [3.63, 3.8) is 0 Å². The van der Waals surface area contributed by atoms with Gasteiger partial charge in [0.1, 0.15) is 18.7 Å². The van der Waals surface area contributed by atoms with Gasteiger partial charge >= 0.3 is 5.97 Å².